The molecule has 2 N–H and O–H groups in total. The van der Waals surface area contributed by atoms with E-state index < -0.39 is 18.4 Å². The summed E-state index contributed by atoms with van der Waals surface area (Å²) in [5.74, 6) is -1.86. The third kappa shape index (κ3) is 5.60. The molecule has 200 valence electrons. The van der Waals surface area contributed by atoms with Gasteiger partial charge < -0.3 is 20.1 Å². The van der Waals surface area contributed by atoms with E-state index in [1.807, 2.05) is 6.92 Å². The number of hydrogen-bond donors (Lipinski definition) is 2. The number of ether oxygens (including phenoxy) is 2. The van der Waals surface area contributed by atoms with Crippen LogP contribution in [-0.4, -0.2) is 41.3 Å². The second-order valence-corrected chi connectivity index (χ2v) is 10.5. The van der Waals surface area contributed by atoms with E-state index in [-0.39, 0.29) is 35.9 Å². The zero-order chi connectivity index (χ0) is 26.3. The molecule has 1 amide bonds. The molecule has 1 saturated heterocycles. The van der Waals surface area contributed by atoms with E-state index in [0.29, 0.717) is 54.0 Å². The molecule has 2 bridgehead atoms. The van der Waals surface area contributed by atoms with E-state index in [9.17, 15) is 18.0 Å². The van der Waals surface area contributed by atoms with Crippen molar-refractivity contribution >= 4 is 11.7 Å². The van der Waals surface area contributed by atoms with Crippen LogP contribution in [0.15, 0.2) is 24.3 Å². The first-order chi connectivity index (χ1) is 17.6. The third-order valence-corrected chi connectivity index (χ3v) is 7.69. The van der Waals surface area contributed by atoms with Crippen molar-refractivity contribution in [1.29, 1.82) is 0 Å². The molecular formula is C27H33F3N4O3. The Morgan fingerprint density at radius 1 is 1.16 bits per heavy atom. The lowest BCUT2D eigenvalue weighted by Gasteiger charge is -2.48. The molecule has 1 aromatic carbocycles. The van der Waals surface area contributed by atoms with Gasteiger partial charge in [0.2, 0.25) is 5.91 Å². The van der Waals surface area contributed by atoms with Gasteiger partial charge >= 0.3 is 0 Å². The Morgan fingerprint density at radius 2 is 1.89 bits per heavy atom. The maximum Gasteiger partial charge on any atom is 0.270 e. The maximum atomic E-state index is 14.2. The Hall–Kier alpha value is -2.72. The van der Waals surface area contributed by atoms with Gasteiger partial charge in [-0.05, 0) is 56.6 Å². The lowest BCUT2D eigenvalue weighted by atomic mass is 9.62. The van der Waals surface area contributed by atoms with Gasteiger partial charge in [0.25, 0.3) is 5.92 Å². The Bertz CT molecular complexity index is 1150. The van der Waals surface area contributed by atoms with Gasteiger partial charge in [-0.3, -0.25) is 4.79 Å². The minimum atomic E-state index is -2.96. The molecule has 2 aromatic rings. The highest BCUT2D eigenvalue weighted by Gasteiger charge is 2.46. The second kappa shape index (κ2) is 10.2. The fourth-order valence-corrected chi connectivity index (χ4v) is 5.57. The van der Waals surface area contributed by atoms with Crippen molar-refractivity contribution in [2.45, 2.75) is 76.9 Å². The SMILES string of the molecule is Cc1nc(CC(=O)NC2CC(F)C3CC2C3)c(C2OCCO2)c(N[C@H](C)c2cccc(C(C)(F)F)c2)n1. The molecule has 0 spiro atoms. The van der Waals surface area contributed by atoms with Crippen LogP contribution in [-0.2, 0) is 26.6 Å². The molecule has 2 unspecified atom stereocenters. The predicted octanol–water partition coefficient (Wildman–Crippen LogP) is 4.91. The Morgan fingerprint density at radius 3 is 2.57 bits per heavy atom. The van der Waals surface area contributed by atoms with Crippen LogP contribution in [0.4, 0.5) is 19.0 Å². The van der Waals surface area contributed by atoms with Gasteiger partial charge in [0.05, 0.1) is 30.9 Å². The number of anilines is 1. The number of halogens is 3. The fraction of sp³-hybridized carbons (Fsp3) is 0.593. The van der Waals surface area contributed by atoms with E-state index in [1.165, 1.54) is 12.1 Å². The Labute approximate surface area is 214 Å². The van der Waals surface area contributed by atoms with Crippen LogP contribution < -0.4 is 10.6 Å². The van der Waals surface area contributed by atoms with Crippen molar-refractivity contribution in [3.05, 3.63) is 52.5 Å². The van der Waals surface area contributed by atoms with Gasteiger partial charge in [0, 0.05) is 24.6 Å². The average Bonchev–Trinajstić information content (AvgIpc) is 3.31. The monoisotopic (exact) mass is 518 g/mol. The van der Waals surface area contributed by atoms with Gasteiger partial charge in [-0.25, -0.2) is 23.1 Å². The summed E-state index contributed by atoms with van der Waals surface area (Å²) in [6.45, 7) is 5.20. The molecular weight excluding hydrogens is 485 g/mol. The third-order valence-electron chi connectivity index (χ3n) is 7.69. The van der Waals surface area contributed by atoms with Crippen LogP contribution in [0.2, 0.25) is 0 Å². The maximum absolute atomic E-state index is 14.2. The minimum absolute atomic E-state index is 0.0356. The summed E-state index contributed by atoms with van der Waals surface area (Å²) in [5.41, 5.74) is 1.55. The summed E-state index contributed by atoms with van der Waals surface area (Å²) < 4.78 is 53.5. The van der Waals surface area contributed by atoms with Crippen LogP contribution >= 0.6 is 0 Å². The van der Waals surface area contributed by atoms with Gasteiger partial charge in [-0.1, -0.05) is 18.2 Å². The van der Waals surface area contributed by atoms with Gasteiger partial charge in [-0.15, -0.1) is 0 Å². The topological polar surface area (TPSA) is 85.4 Å². The molecule has 3 saturated carbocycles. The number of aryl methyl sites for hydroxylation is 1. The number of amides is 1. The molecule has 3 aliphatic carbocycles. The number of carbonyl (C=O) groups excluding carboxylic acids is 1. The molecule has 10 heteroatoms. The summed E-state index contributed by atoms with van der Waals surface area (Å²) in [7, 11) is 0. The van der Waals surface area contributed by atoms with E-state index in [1.54, 1.807) is 19.1 Å². The first-order valence-electron chi connectivity index (χ1n) is 12.9. The number of nitrogens with one attached hydrogen (secondary N) is 2. The van der Waals surface area contributed by atoms with Crippen molar-refractivity contribution in [3.63, 3.8) is 0 Å². The first-order valence-corrected chi connectivity index (χ1v) is 12.9. The predicted molar refractivity (Wildman–Crippen MR) is 131 cm³/mol. The molecule has 2 heterocycles. The summed E-state index contributed by atoms with van der Waals surface area (Å²) in [6.07, 6.45) is 0.339. The largest absolute Gasteiger partial charge is 0.363 e. The number of aromatic nitrogens is 2. The highest BCUT2D eigenvalue weighted by atomic mass is 19.3. The lowest BCUT2D eigenvalue weighted by Crippen LogP contribution is -2.54. The smallest absolute Gasteiger partial charge is 0.270 e. The van der Waals surface area contributed by atoms with Crippen LogP contribution in [0.5, 0.6) is 0 Å². The van der Waals surface area contributed by atoms with Crippen molar-refractivity contribution in [1.82, 2.24) is 15.3 Å². The summed E-state index contributed by atoms with van der Waals surface area (Å²) in [5, 5.41) is 6.32. The van der Waals surface area contributed by atoms with Gasteiger partial charge in [-0.2, -0.15) is 0 Å². The van der Waals surface area contributed by atoms with Crippen molar-refractivity contribution in [2.75, 3.05) is 18.5 Å². The first kappa shape index (κ1) is 25.9. The number of alkyl halides is 3. The zero-order valence-electron chi connectivity index (χ0n) is 21.3. The quantitative estimate of drug-likeness (QED) is 0.517. The zero-order valence-corrected chi connectivity index (χ0v) is 21.3. The van der Waals surface area contributed by atoms with Crippen molar-refractivity contribution in [3.8, 4) is 0 Å². The summed E-state index contributed by atoms with van der Waals surface area (Å²) in [6, 6.07) is 5.69. The number of hydrogen-bond acceptors (Lipinski definition) is 6. The van der Waals surface area contributed by atoms with Gasteiger partial charge in [0.15, 0.2) is 6.29 Å². The average molecular weight is 519 g/mol. The molecule has 3 atom stereocenters. The summed E-state index contributed by atoms with van der Waals surface area (Å²) in [4.78, 5) is 22.1. The highest BCUT2D eigenvalue weighted by molar-refractivity contribution is 5.79. The molecule has 37 heavy (non-hydrogen) atoms. The molecule has 4 fully saturated rings. The molecule has 1 aromatic heterocycles. The minimum Gasteiger partial charge on any atom is -0.363 e. The van der Waals surface area contributed by atoms with Crippen LogP contribution in [0.3, 0.4) is 0 Å². The lowest BCUT2D eigenvalue weighted by molar-refractivity contribution is -0.123. The van der Waals surface area contributed by atoms with E-state index in [4.69, 9.17) is 9.47 Å². The van der Waals surface area contributed by atoms with E-state index in [0.717, 1.165) is 19.8 Å². The fourth-order valence-electron chi connectivity index (χ4n) is 5.57. The van der Waals surface area contributed by atoms with E-state index in [2.05, 4.69) is 20.6 Å². The number of rotatable bonds is 8. The molecule has 1 aliphatic heterocycles. The Kier molecular flexibility index (Phi) is 7.15. The van der Waals surface area contributed by atoms with Crippen molar-refractivity contribution < 1.29 is 27.4 Å². The van der Waals surface area contributed by atoms with Crippen LogP contribution in [0.25, 0.3) is 0 Å². The number of nitrogens with zero attached hydrogens (tertiary/aromatic N) is 2. The summed E-state index contributed by atoms with van der Waals surface area (Å²) >= 11 is 0. The molecule has 7 nitrogen and oxygen atoms in total. The van der Waals surface area contributed by atoms with Crippen LogP contribution in [0.1, 0.15) is 73.7 Å². The Balaban J connectivity index is 1.39. The molecule has 0 radical (unpaired) electrons. The number of benzene rings is 1. The van der Waals surface area contributed by atoms with E-state index >= 15 is 0 Å². The highest BCUT2D eigenvalue weighted by Crippen LogP contribution is 2.47. The second-order valence-electron chi connectivity index (χ2n) is 10.5. The molecule has 4 aliphatic rings. The number of carbonyl (C=O) groups is 1. The molecule has 6 rings (SSSR count). The standard InChI is InChI=1S/C27H33F3N4O3/c1-14(16-5-4-6-19(11-16)27(3,29)30)31-25-24(26-36-7-8-37-26)22(32-15(2)33-25)13-23(35)34-21-12-20(28)17-9-18(21)10-17/h4-6,11,14,17-18,20-21,26H,7-10,12-13H2,1-3H3,(H,34,35)(H,31,32,33)/t14-,17?,18?,20?,21?/m1/s1. The number of fused-ring (bicyclic) bond motifs is 2. The normalized spacial score (nSPS) is 26.4. The van der Waals surface area contributed by atoms with Crippen molar-refractivity contribution in [2.24, 2.45) is 11.8 Å². The van der Waals surface area contributed by atoms with Crippen LogP contribution in [0, 0.1) is 18.8 Å². The van der Waals surface area contributed by atoms with Gasteiger partial charge in [0.1, 0.15) is 17.8 Å².